The van der Waals surface area contributed by atoms with Crippen molar-refractivity contribution in [2.75, 3.05) is 32.7 Å². The zero-order valence-corrected chi connectivity index (χ0v) is 11.1. The number of hydrogen-bond donors (Lipinski definition) is 1. The minimum Gasteiger partial charge on any atom is -0.310 e. The number of likely N-dealkylation sites (N-methyl/N-ethyl adjacent to an activating group) is 1. The van der Waals surface area contributed by atoms with Gasteiger partial charge in [-0.2, -0.15) is 8.78 Å². The van der Waals surface area contributed by atoms with Crippen LogP contribution in [-0.2, 0) is 5.92 Å². The van der Waals surface area contributed by atoms with Crippen LogP contribution in [0.25, 0.3) is 0 Å². The molecule has 0 atom stereocenters. The molecule has 2 nitrogen and oxygen atoms in total. The minimum atomic E-state index is -2.80. The van der Waals surface area contributed by atoms with E-state index >= 15 is 0 Å². The molecule has 1 aromatic carbocycles. The molecule has 0 saturated heterocycles. The molecule has 1 aromatic rings. The van der Waals surface area contributed by atoms with Crippen LogP contribution in [0.15, 0.2) is 30.3 Å². The fourth-order valence-corrected chi connectivity index (χ4v) is 1.81. The second-order valence-corrected chi connectivity index (χ2v) is 4.27. The molecular formula is C14H22F2N2. The van der Waals surface area contributed by atoms with Gasteiger partial charge in [-0.05, 0) is 13.1 Å². The zero-order valence-electron chi connectivity index (χ0n) is 11.1. The van der Waals surface area contributed by atoms with Gasteiger partial charge in [-0.1, -0.05) is 44.2 Å². The van der Waals surface area contributed by atoms with Crippen molar-refractivity contribution in [2.45, 2.75) is 19.8 Å². The highest BCUT2D eigenvalue weighted by Gasteiger charge is 2.30. The van der Waals surface area contributed by atoms with Gasteiger partial charge in [-0.25, -0.2) is 0 Å². The molecule has 1 N–H and O–H groups in total. The molecule has 0 unspecified atom stereocenters. The number of halogens is 2. The first-order valence-electron chi connectivity index (χ1n) is 6.46. The number of alkyl halides is 2. The molecule has 0 spiro atoms. The van der Waals surface area contributed by atoms with Gasteiger partial charge in [-0.15, -0.1) is 0 Å². The van der Waals surface area contributed by atoms with Gasteiger partial charge in [0.15, 0.2) is 0 Å². The van der Waals surface area contributed by atoms with Crippen molar-refractivity contribution >= 4 is 0 Å². The van der Waals surface area contributed by atoms with Crippen molar-refractivity contribution in [3.8, 4) is 0 Å². The normalized spacial score (nSPS) is 12.1. The van der Waals surface area contributed by atoms with Crippen molar-refractivity contribution in [1.29, 1.82) is 0 Å². The summed E-state index contributed by atoms with van der Waals surface area (Å²) in [4.78, 5) is 2.20. The van der Waals surface area contributed by atoms with Gasteiger partial charge in [0.05, 0.1) is 6.54 Å². The lowest BCUT2D eigenvalue weighted by atomic mass is 10.1. The van der Waals surface area contributed by atoms with Crippen LogP contribution in [0.2, 0.25) is 0 Å². The van der Waals surface area contributed by atoms with Crippen LogP contribution < -0.4 is 5.32 Å². The summed E-state index contributed by atoms with van der Waals surface area (Å²) < 4.78 is 27.5. The third kappa shape index (κ3) is 4.70. The molecule has 102 valence electrons. The average Bonchev–Trinajstić information content (AvgIpc) is 2.40. The summed E-state index contributed by atoms with van der Waals surface area (Å²) >= 11 is 0. The van der Waals surface area contributed by atoms with Gasteiger partial charge >= 0.3 is 0 Å². The Morgan fingerprint density at radius 2 is 1.72 bits per heavy atom. The van der Waals surface area contributed by atoms with Crippen molar-refractivity contribution in [2.24, 2.45) is 0 Å². The summed E-state index contributed by atoms with van der Waals surface area (Å²) in [6.07, 6.45) is 0. The Labute approximate surface area is 108 Å². The smallest absolute Gasteiger partial charge is 0.285 e. The van der Waals surface area contributed by atoms with E-state index in [2.05, 4.69) is 24.1 Å². The standard InChI is InChI=1S/C14H22F2N2/c1-3-18(4-2)11-10-17-12-14(15,16)13-8-6-5-7-9-13/h5-9,17H,3-4,10-12H2,1-2H3. The molecule has 0 aliphatic rings. The molecule has 0 fully saturated rings. The molecule has 4 heteroatoms. The quantitative estimate of drug-likeness (QED) is 0.719. The van der Waals surface area contributed by atoms with E-state index < -0.39 is 5.92 Å². The van der Waals surface area contributed by atoms with Gasteiger partial charge in [0.1, 0.15) is 0 Å². The van der Waals surface area contributed by atoms with Crippen molar-refractivity contribution in [3.63, 3.8) is 0 Å². The predicted octanol–water partition coefficient (Wildman–Crippen LogP) is 2.71. The monoisotopic (exact) mass is 256 g/mol. The predicted molar refractivity (Wildman–Crippen MR) is 71.0 cm³/mol. The van der Waals surface area contributed by atoms with Crippen LogP contribution in [0.5, 0.6) is 0 Å². The van der Waals surface area contributed by atoms with Gasteiger partial charge in [0, 0.05) is 18.7 Å². The number of benzene rings is 1. The molecule has 0 aliphatic carbocycles. The van der Waals surface area contributed by atoms with Gasteiger partial charge < -0.3 is 10.2 Å². The Morgan fingerprint density at radius 1 is 1.11 bits per heavy atom. The van der Waals surface area contributed by atoms with Crippen molar-refractivity contribution in [3.05, 3.63) is 35.9 Å². The van der Waals surface area contributed by atoms with Crippen LogP contribution in [0.1, 0.15) is 19.4 Å². The fraction of sp³-hybridized carbons (Fsp3) is 0.571. The lowest BCUT2D eigenvalue weighted by Gasteiger charge is -2.20. The Balaban J connectivity index is 2.34. The highest BCUT2D eigenvalue weighted by molar-refractivity contribution is 5.20. The van der Waals surface area contributed by atoms with Crippen LogP contribution in [0, 0.1) is 0 Å². The number of nitrogens with zero attached hydrogens (tertiary/aromatic N) is 1. The molecule has 0 saturated carbocycles. The first kappa shape index (κ1) is 15.1. The second kappa shape index (κ2) is 7.44. The lowest BCUT2D eigenvalue weighted by molar-refractivity contribution is -0.00335. The van der Waals surface area contributed by atoms with E-state index in [9.17, 15) is 8.78 Å². The number of rotatable bonds is 8. The maximum atomic E-state index is 13.8. The summed E-state index contributed by atoms with van der Waals surface area (Å²) in [5.41, 5.74) is 0.0698. The van der Waals surface area contributed by atoms with E-state index in [1.165, 1.54) is 12.1 Å². The number of nitrogens with one attached hydrogen (secondary N) is 1. The van der Waals surface area contributed by atoms with Gasteiger partial charge in [-0.3, -0.25) is 0 Å². The molecule has 0 heterocycles. The summed E-state index contributed by atoms with van der Waals surface area (Å²) in [6, 6.07) is 7.95. The first-order valence-corrected chi connectivity index (χ1v) is 6.46. The first-order chi connectivity index (χ1) is 8.60. The van der Waals surface area contributed by atoms with Crippen molar-refractivity contribution in [1.82, 2.24) is 10.2 Å². The topological polar surface area (TPSA) is 15.3 Å². The van der Waals surface area contributed by atoms with Crippen LogP contribution >= 0.6 is 0 Å². The molecule has 0 aliphatic heterocycles. The van der Waals surface area contributed by atoms with Gasteiger partial charge in [0.25, 0.3) is 5.92 Å². The molecule has 1 rings (SSSR count). The van der Waals surface area contributed by atoms with E-state index in [4.69, 9.17) is 0 Å². The molecular weight excluding hydrogens is 234 g/mol. The molecule has 18 heavy (non-hydrogen) atoms. The average molecular weight is 256 g/mol. The summed E-state index contributed by atoms with van der Waals surface area (Å²) in [7, 11) is 0. The highest BCUT2D eigenvalue weighted by Crippen LogP contribution is 2.26. The Hall–Kier alpha value is -1.00. The SMILES string of the molecule is CCN(CC)CCNCC(F)(F)c1ccccc1. The molecule has 0 bridgehead atoms. The van der Waals surface area contributed by atoms with E-state index in [1.54, 1.807) is 18.2 Å². The third-order valence-corrected chi connectivity index (χ3v) is 3.04. The van der Waals surface area contributed by atoms with E-state index in [1.807, 2.05) is 0 Å². The zero-order chi connectivity index (χ0) is 13.4. The maximum absolute atomic E-state index is 13.8. The number of hydrogen-bond acceptors (Lipinski definition) is 2. The summed E-state index contributed by atoms with van der Waals surface area (Å²) in [5.74, 6) is -2.80. The van der Waals surface area contributed by atoms with Crippen LogP contribution in [0.4, 0.5) is 8.78 Å². The second-order valence-electron chi connectivity index (χ2n) is 4.27. The Bertz CT molecular complexity index is 324. The fourth-order valence-electron chi connectivity index (χ4n) is 1.81. The highest BCUT2D eigenvalue weighted by atomic mass is 19.3. The maximum Gasteiger partial charge on any atom is 0.285 e. The molecule has 0 aromatic heterocycles. The Kier molecular flexibility index (Phi) is 6.22. The molecule has 0 amide bonds. The van der Waals surface area contributed by atoms with Crippen LogP contribution in [-0.4, -0.2) is 37.6 Å². The lowest BCUT2D eigenvalue weighted by Crippen LogP contribution is -2.37. The molecule has 0 radical (unpaired) electrons. The third-order valence-electron chi connectivity index (χ3n) is 3.04. The minimum absolute atomic E-state index is 0.0698. The summed E-state index contributed by atoms with van der Waals surface area (Å²) in [6.45, 7) is 7.13. The van der Waals surface area contributed by atoms with Crippen LogP contribution in [0.3, 0.4) is 0 Å². The van der Waals surface area contributed by atoms with E-state index in [0.717, 1.165) is 19.6 Å². The largest absolute Gasteiger partial charge is 0.310 e. The van der Waals surface area contributed by atoms with Gasteiger partial charge in [0.2, 0.25) is 0 Å². The van der Waals surface area contributed by atoms with E-state index in [-0.39, 0.29) is 12.1 Å². The van der Waals surface area contributed by atoms with E-state index in [0.29, 0.717) is 6.54 Å². The summed E-state index contributed by atoms with van der Waals surface area (Å²) in [5, 5.41) is 2.83. The Morgan fingerprint density at radius 3 is 2.28 bits per heavy atom. The van der Waals surface area contributed by atoms with Crippen molar-refractivity contribution < 1.29 is 8.78 Å².